The van der Waals surface area contributed by atoms with E-state index in [2.05, 4.69) is 5.32 Å². The molecule has 58 valence electrons. The molecule has 1 aliphatic rings. The Morgan fingerprint density at radius 1 is 1.70 bits per heavy atom. The van der Waals surface area contributed by atoms with Gasteiger partial charge in [-0.25, -0.2) is 0 Å². The predicted octanol–water partition coefficient (Wildman–Crippen LogP) is -0.992. The molecule has 0 aliphatic carbocycles. The molecule has 0 saturated carbocycles. The number of carboxylic acid groups (broad SMARTS) is 1. The van der Waals surface area contributed by atoms with Crippen molar-refractivity contribution in [2.75, 3.05) is 13.1 Å². The fourth-order valence-corrected chi connectivity index (χ4v) is 1.19. The molecular weight excluding hydrogens is 132 g/mol. The summed E-state index contributed by atoms with van der Waals surface area (Å²) in [6.07, 6.45) is 0.649. The van der Waals surface area contributed by atoms with Crippen molar-refractivity contribution in [3.05, 3.63) is 0 Å². The molecular formula is C6H12N2O2. The number of nitrogens with one attached hydrogen (secondary N) is 1. The smallest absolute Gasteiger partial charge is 0.308 e. The van der Waals surface area contributed by atoms with Gasteiger partial charge in [-0.2, -0.15) is 0 Å². The van der Waals surface area contributed by atoms with Crippen LogP contribution in [-0.4, -0.2) is 30.2 Å². The molecule has 0 aromatic heterocycles. The highest BCUT2D eigenvalue weighted by Crippen LogP contribution is 2.09. The number of hydrogen-bond acceptors (Lipinski definition) is 3. The second kappa shape index (κ2) is 2.98. The van der Waals surface area contributed by atoms with Gasteiger partial charge in [0.2, 0.25) is 0 Å². The largest absolute Gasteiger partial charge is 0.481 e. The quantitative estimate of drug-likeness (QED) is 0.441. The number of nitrogens with two attached hydrogens (primary N) is 1. The lowest BCUT2D eigenvalue weighted by atomic mass is 9.94. The zero-order chi connectivity index (χ0) is 7.56. The Morgan fingerprint density at radius 3 is 2.80 bits per heavy atom. The first-order valence-electron chi connectivity index (χ1n) is 3.41. The van der Waals surface area contributed by atoms with E-state index in [1.165, 1.54) is 0 Å². The standard InChI is InChI=1S/C6H12N2O2/c7-5-3-8-2-1-4(5)6(9)10/h4-5,8H,1-3,7H2,(H,9,10)/t4-,5-/m1/s1. The molecule has 1 aliphatic heterocycles. The Hall–Kier alpha value is -0.610. The summed E-state index contributed by atoms with van der Waals surface area (Å²) in [5.74, 6) is -1.12. The van der Waals surface area contributed by atoms with Crippen molar-refractivity contribution in [2.45, 2.75) is 12.5 Å². The molecule has 0 bridgehead atoms. The first kappa shape index (κ1) is 7.50. The Morgan fingerprint density at radius 2 is 2.40 bits per heavy atom. The molecule has 1 heterocycles. The number of hydrogen-bond donors (Lipinski definition) is 3. The van der Waals surface area contributed by atoms with Crippen LogP contribution in [0.3, 0.4) is 0 Å². The molecule has 10 heavy (non-hydrogen) atoms. The Kier molecular flexibility index (Phi) is 2.24. The van der Waals surface area contributed by atoms with E-state index in [9.17, 15) is 4.79 Å². The lowest BCUT2D eigenvalue weighted by molar-refractivity contribution is -0.143. The van der Waals surface area contributed by atoms with E-state index in [1.807, 2.05) is 0 Å². The Labute approximate surface area is 59.4 Å². The van der Waals surface area contributed by atoms with Crippen molar-refractivity contribution >= 4 is 5.97 Å². The van der Waals surface area contributed by atoms with Gasteiger partial charge in [-0.3, -0.25) is 4.79 Å². The zero-order valence-electron chi connectivity index (χ0n) is 5.71. The third-order valence-electron chi connectivity index (χ3n) is 1.85. The van der Waals surface area contributed by atoms with Crippen LogP contribution in [0.25, 0.3) is 0 Å². The summed E-state index contributed by atoms with van der Waals surface area (Å²) in [4.78, 5) is 10.5. The normalized spacial score (nSPS) is 33.7. The molecule has 4 nitrogen and oxygen atoms in total. The summed E-state index contributed by atoms with van der Waals surface area (Å²) >= 11 is 0. The van der Waals surface area contributed by atoms with E-state index < -0.39 is 5.97 Å². The predicted molar refractivity (Wildman–Crippen MR) is 36.6 cm³/mol. The van der Waals surface area contributed by atoms with Gasteiger partial charge in [0.05, 0.1) is 5.92 Å². The molecule has 0 aromatic carbocycles. The maximum absolute atomic E-state index is 10.5. The first-order valence-corrected chi connectivity index (χ1v) is 3.41. The maximum atomic E-state index is 10.5. The number of rotatable bonds is 1. The van der Waals surface area contributed by atoms with E-state index in [0.29, 0.717) is 13.0 Å². The minimum atomic E-state index is -0.769. The topological polar surface area (TPSA) is 75.3 Å². The number of aliphatic carboxylic acids is 1. The summed E-state index contributed by atoms with van der Waals surface area (Å²) in [5.41, 5.74) is 5.54. The SMILES string of the molecule is N[C@@H]1CNCC[C@H]1C(=O)O. The van der Waals surface area contributed by atoms with Gasteiger partial charge in [-0.15, -0.1) is 0 Å². The van der Waals surface area contributed by atoms with Crippen LogP contribution < -0.4 is 11.1 Å². The molecule has 0 radical (unpaired) electrons. The van der Waals surface area contributed by atoms with Gasteiger partial charge in [0.25, 0.3) is 0 Å². The van der Waals surface area contributed by atoms with Crippen LogP contribution in [0.1, 0.15) is 6.42 Å². The molecule has 4 N–H and O–H groups in total. The second-order valence-corrected chi connectivity index (χ2v) is 2.60. The second-order valence-electron chi connectivity index (χ2n) is 2.60. The Balaban J connectivity index is 2.47. The highest BCUT2D eigenvalue weighted by Gasteiger charge is 2.27. The minimum Gasteiger partial charge on any atom is -0.481 e. The summed E-state index contributed by atoms with van der Waals surface area (Å²) in [6, 6.07) is -0.216. The lowest BCUT2D eigenvalue weighted by Crippen LogP contribution is -2.48. The van der Waals surface area contributed by atoms with Crippen molar-refractivity contribution in [3.63, 3.8) is 0 Å². The van der Waals surface area contributed by atoms with Gasteiger partial charge < -0.3 is 16.2 Å². The van der Waals surface area contributed by atoms with Crippen LogP contribution >= 0.6 is 0 Å². The van der Waals surface area contributed by atoms with Gasteiger partial charge >= 0.3 is 5.97 Å². The third kappa shape index (κ3) is 1.46. The average Bonchev–Trinajstić information content (AvgIpc) is 1.88. The molecule has 0 unspecified atom stereocenters. The van der Waals surface area contributed by atoms with Gasteiger partial charge in [0.15, 0.2) is 0 Å². The highest BCUT2D eigenvalue weighted by atomic mass is 16.4. The van der Waals surface area contributed by atoms with E-state index in [1.54, 1.807) is 0 Å². The zero-order valence-corrected chi connectivity index (χ0v) is 5.71. The maximum Gasteiger partial charge on any atom is 0.308 e. The van der Waals surface area contributed by atoms with Crippen LogP contribution in [0.15, 0.2) is 0 Å². The van der Waals surface area contributed by atoms with Gasteiger partial charge in [0.1, 0.15) is 0 Å². The number of carboxylic acids is 1. The van der Waals surface area contributed by atoms with Crippen molar-refractivity contribution in [1.29, 1.82) is 0 Å². The number of carbonyl (C=O) groups is 1. The third-order valence-corrected chi connectivity index (χ3v) is 1.85. The van der Waals surface area contributed by atoms with Gasteiger partial charge in [-0.1, -0.05) is 0 Å². The van der Waals surface area contributed by atoms with Gasteiger partial charge in [-0.05, 0) is 13.0 Å². The molecule has 1 rings (SSSR count). The molecule has 0 spiro atoms. The van der Waals surface area contributed by atoms with Crippen LogP contribution in [-0.2, 0) is 4.79 Å². The number of piperidine rings is 1. The first-order chi connectivity index (χ1) is 4.72. The van der Waals surface area contributed by atoms with Crippen molar-refractivity contribution < 1.29 is 9.90 Å². The van der Waals surface area contributed by atoms with E-state index in [0.717, 1.165) is 6.54 Å². The summed E-state index contributed by atoms with van der Waals surface area (Å²) in [7, 11) is 0. The van der Waals surface area contributed by atoms with Crippen LogP contribution in [0.2, 0.25) is 0 Å². The molecule has 2 atom stereocenters. The van der Waals surface area contributed by atoms with Crippen molar-refractivity contribution in [1.82, 2.24) is 5.32 Å². The molecule has 0 aromatic rings. The van der Waals surface area contributed by atoms with E-state index in [-0.39, 0.29) is 12.0 Å². The summed E-state index contributed by atoms with van der Waals surface area (Å²) in [6.45, 7) is 1.39. The molecule has 4 heteroatoms. The minimum absolute atomic E-state index is 0.216. The van der Waals surface area contributed by atoms with E-state index in [4.69, 9.17) is 10.8 Å². The summed E-state index contributed by atoms with van der Waals surface area (Å²) < 4.78 is 0. The van der Waals surface area contributed by atoms with Crippen molar-refractivity contribution in [3.8, 4) is 0 Å². The van der Waals surface area contributed by atoms with Crippen molar-refractivity contribution in [2.24, 2.45) is 11.7 Å². The van der Waals surface area contributed by atoms with Crippen LogP contribution in [0.5, 0.6) is 0 Å². The molecule has 1 saturated heterocycles. The molecule has 1 fully saturated rings. The van der Waals surface area contributed by atoms with Gasteiger partial charge in [0, 0.05) is 12.6 Å². The fraction of sp³-hybridized carbons (Fsp3) is 0.833. The van der Waals surface area contributed by atoms with Crippen LogP contribution in [0, 0.1) is 5.92 Å². The van der Waals surface area contributed by atoms with E-state index >= 15 is 0 Å². The van der Waals surface area contributed by atoms with Crippen LogP contribution in [0.4, 0.5) is 0 Å². The lowest BCUT2D eigenvalue weighted by Gasteiger charge is -2.25. The average molecular weight is 144 g/mol. The molecule has 0 amide bonds. The monoisotopic (exact) mass is 144 g/mol. The summed E-state index contributed by atoms with van der Waals surface area (Å²) in [5, 5.41) is 11.6. The fourth-order valence-electron chi connectivity index (χ4n) is 1.19. The Bertz CT molecular complexity index is 138. The highest BCUT2D eigenvalue weighted by molar-refractivity contribution is 5.71.